The largest absolute Gasteiger partial charge is 0.399 e. The lowest BCUT2D eigenvalue weighted by atomic mass is 9.98. The van der Waals surface area contributed by atoms with Crippen LogP contribution in [0.3, 0.4) is 0 Å². The van der Waals surface area contributed by atoms with Crippen LogP contribution >= 0.6 is 0 Å². The molecule has 0 heterocycles. The Labute approximate surface area is 229 Å². The molecule has 4 N–H and O–H groups in total. The topological polar surface area (TPSA) is 113 Å². The van der Waals surface area contributed by atoms with E-state index in [1.54, 1.807) is 12.1 Å². The molecule has 0 saturated carbocycles. The van der Waals surface area contributed by atoms with E-state index in [9.17, 15) is 18.3 Å². The van der Waals surface area contributed by atoms with Gasteiger partial charge >= 0.3 is 0 Å². The molecule has 0 aromatic heterocycles. The summed E-state index contributed by atoms with van der Waals surface area (Å²) >= 11 is 0. The van der Waals surface area contributed by atoms with Crippen molar-refractivity contribution in [2.75, 3.05) is 25.4 Å². The lowest BCUT2D eigenvalue weighted by molar-refractivity contribution is -0.124. The van der Waals surface area contributed by atoms with Crippen molar-refractivity contribution in [2.24, 2.45) is 11.8 Å². The summed E-state index contributed by atoms with van der Waals surface area (Å²) in [7, 11) is -3.79. The molecular formula is C30H45N3O4S. The van der Waals surface area contributed by atoms with Gasteiger partial charge in [0.1, 0.15) is 0 Å². The van der Waals surface area contributed by atoms with Crippen molar-refractivity contribution in [2.45, 2.75) is 70.2 Å². The van der Waals surface area contributed by atoms with Crippen LogP contribution in [-0.4, -0.2) is 49.5 Å². The Balaban J connectivity index is 1.88. The minimum absolute atomic E-state index is 0.0119. The van der Waals surface area contributed by atoms with E-state index >= 15 is 0 Å². The number of carbonyl (C=O) groups excluding carboxylic acids is 1. The zero-order valence-corrected chi connectivity index (χ0v) is 23.9. The highest BCUT2D eigenvalue weighted by Crippen LogP contribution is 2.23. The highest BCUT2D eigenvalue weighted by atomic mass is 32.2. The van der Waals surface area contributed by atoms with E-state index in [1.807, 2.05) is 32.9 Å². The summed E-state index contributed by atoms with van der Waals surface area (Å²) in [5.74, 6) is -0.0412. The van der Waals surface area contributed by atoms with Gasteiger partial charge in [-0.05, 0) is 62.3 Å². The minimum atomic E-state index is -3.79. The fourth-order valence-corrected chi connectivity index (χ4v) is 6.10. The van der Waals surface area contributed by atoms with Gasteiger partial charge in [0.15, 0.2) is 0 Å². The monoisotopic (exact) mass is 543 g/mol. The van der Waals surface area contributed by atoms with E-state index in [2.05, 4.69) is 35.7 Å². The smallest absolute Gasteiger partial charge is 0.243 e. The Morgan fingerprint density at radius 3 is 2.39 bits per heavy atom. The Morgan fingerprint density at radius 2 is 1.74 bits per heavy atom. The first-order valence-electron chi connectivity index (χ1n) is 13.6. The molecule has 0 bridgehead atoms. The van der Waals surface area contributed by atoms with Crippen LogP contribution in [0.2, 0.25) is 0 Å². The molecule has 210 valence electrons. The van der Waals surface area contributed by atoms with Crippen LogP contribution in [0.1, 0.15) is 59.3 Å². The number of aliphatic hydroxyl groups excluding tert-OH is 1. The highest BCUT2D eigenvalue weighted by molar-refractivity contribution is 7.89. The number of nitrogens with one attached hydrogen (secondary N) is 1. The minimum Gasteiger partial charge on any atom is -0.399 e. The number of carbonyl (C=O) groups is 1. The predicted molar refractivity (Wildman–Crippen MR) is 156 cm³/mol. The number of hydrogen-bond donors (Lipinski definition) is 3. The van der Waals surface area contributed by atoms with Gasteiger partial charge in [-0.1, -0.05) is 75.3 Å². The summed E-state index contributed by atoms with van der Waals surface area (Å²) in [6.07, 6.45) is 18.9. The van der Waals surface area contributed by atoms with Gasteiger partial charge in [0.25, 0.3) is 0 Å². The van der Waals surface area contributed by atoms with Crippen LogP contribution in [0.5, 0.6) is 0 Å². The maximum atomic E-state index is 13.4. The number of hydrogen-bond acceptors (Lipinski definition) is 5. The highest BCUT2D eigenvalue weighted by Gasteiger charge is 2.31. The quantitative estimate of drug-likeness (QED) is 0.226. The van der Waals surface area contributed by atoms with E-state index < -0.39 is 16.1 Å². The van der Waals surface area contributed by atoms with Gasteiger partial charge in [-0.15, -0.1) is 0 Å². The second-order valence-corrected chi connectivity index (χ2v) is 12.2. The molecule has 0 unspecified atom stereocenters. The van der Waals surface area contributed by atoms with Gasteiger partial charge in [-0.3, -0.25) is 4.79 Å². The van der Waals surface area contributed by atoms with Gasteiger partial charge < -0.3 is 16.2 Å². The number of nitrogen functional groups attached to an aromatic ring is 1. The Bertz CT molecular complexity index is 1090. The summed E-state index contributed by atoms with van der Waals surface area (Å²) in [5.41, 5.74) is 7.38. The molecule has 2 atom stereocenters. The first kappa shape index (κ1) is 31.5. The number of amides is 1. The third-order valence-electron chi connectivity index (χ3n) is 6.41. The number of allylic oxidation sites excluding steroid dienone is 8. The van der Waals surface area contributed by atoms with Crippen LogP contribution in [-0.2, 0) is 14.8 Å². The molecule has 0 saturated heterocycles. The van der Waals surface area contributed by atoms with Crippen molar-refractivity contribution < 1.29 is 18.3 Å². The molecule has 0 spiro atoms. The number of benzene rings is 1. The Hall–Kier alpha value is -2.68. The number of rotatable bonds is 14. The van der Waals surface area contributed by atoms with Gasteiger partial charge in [-0.25, -0.2) is 8.42 Å². The lowest BCUT2D eigenvalue weighted by Gasteiger charge is -2.31. The third-order valence-corrected chi connectivity index (χ3v) is 8.34. The Morgan fingerprint density at radius 1 is 1.05 bits per heavy atom. The van der Waals surface area contributed by atoms with Crippen LogP contribution in [0.15, 0.2) is 77.3 Å². The summed E-state index contributed by atoms with van der Waals surface area (Å²) in [5, 5.41) is 13.1. The van der Waals surface area contributed by atoms with Crippen molar-refractivity contribution in [3.05, 3.63) is 72.4 Å². The van der Waals surface area contributed by atoms with Crippen LogP contribution in [0, 0.1) is 11.8 Å². The van der Waals surface area contributed by atoms with Crippen LogP contribution < -0.4 is 11.1 Å². The van der Waals surface area contributed by atoms with Crippen LogP contribution in [0.4, 0.5) is 5.69 Å². The van der Waals surface area contributed by atoms with Gasteiger partial charge in [-0.2, -0.15) is 4.31 Å². The lowest BCUT2D eigenvalue weighted by Crippen LogP contribution is -2.44. The van der Waals surface area contributed by atoms with Crippen molar-refractivity contribution in [3.63, 3.8) is 0 Å². The third kappa shape index (κ3) is 10.6. The van der Waals surface area contributed by atoms with E-state index in [0.29, 0.717) is 44.5 Å². The second kappa shape index (κ2) is 16.3. The first-order valence-corrected chi connectivity index (χ1v) is 15.0. The first-order chi connectivity index (χ1) is 18.1. The van der Waals surface area contributed by atoms with Gasteiger partial charge in [0.2, 0.25) is 15.9 Å². The predicted octanol–water partition coefficient (Wildman–Crippen LogP) is 4.98. The summed E-state index contributed by atoms with van der Waals surface area (Å²) in [6.45, 7) is 6.40. The molecule has 0 aliphatic heterocycles. The van der Waals surface area contributed by atoms with Crippen molar-refractivity contribution in [3.8, 4) is 0 Å². The maximum absolute atomic E-state index is 13.4. The molecule has 2 rings (SSSR count). The zero-order valence-electron chi connectivity index (χ0n) is 23.1. The SMILES string of the molecule is CC(C)CN([C@H](CO)CCCCNC(=O)[C@@H](C)CC1=CC/C=C\C=C/CC=C1)S(=O)(=O)c1ccc(N)cc1. The number of anilines is 1. The fraction of sp³-hybridized carbons (Fsp3) is 0.500. The summed E-state index contributed by atoms with van der Waals surface area (Å²) in [4.78, 5) is 12.8. The van der Waals surface area contributed by atoms with Crippen molar-refractivity contribution in [1.29, 1.82) is 0 Å². The molecule has 1 aromatic carbocycles. The second-order valence-electron chi connectivity index (χ2n) is 10.3. The maximum Gasteiger partial charge on any atom is 0.243 e. The molecule has 1 aliphatic carbocycles. The van der Waals surface area contributed by atoms with E-state index in [4.69, 9.17) is 5.73 Å². The molecule has 0 radical (unpaired) electrons. The van der Waals surface area contributed by atoms with E-state index in [-0.39, 0.29) is 29.2 Å². The molecular weight excluding hydrogens is 498 g/mol. The van der Waals surface area contributed by atoms with Crippen LogP contribution in [0.25, 0.3) is 0 Å². The molecule has 1 aliphatic rings. The average molecular weight is 544 g/mol. The molecule has 1 amide bonds. The van der Waals surface area contributed by atoms with Crippen molar-refractivity contribution >= 4 is 21.6 Å². The molecule has 0 fully saturated rings. The standard InChI is InChI=1S/C30H45N3O4S/c1-24(2)22-33(38(36,37)29-18-16-27(31)17-19-29)28(23-34)15-11-12-20-32-30(35)25(3)21-26-13-9-7-5-4-6-8-10-14-26/h4-7,10,13-14,16-19,24-25,28,34H,8-9,11-12,15,20-23,31H2,1-3H3,(H,32,35)/b6-4-,7-5-,14-10?,26-13?/t25-,28-/m0/s1. The number of aliphatic hydroxyl groups is 1. The number of nitrogens with two attached hydrogens (primary N) is 1. The fourth-order valence-electron chi connectivity index (χ4n) is 4.29. The zero-order chi connectivity index (χ0) is 28.0. The summed E-state index contributed by atoms with van der Waals surface area (Å²) < 4.78 is 28.2. The molecule has 1 aromatic rings. The van der Waals surface area contributed by atoms with E-state index in [0.717, 1.165) is 18.4 Å². The van der Waals surface area contributed by atoms with Gasteiger partial charge in [0.05, 0.1) is 11.5 Å². The molecule has 7 nitrogen and oxygen atoms in total. The molecule has 38 heavy (non-hydrogen) atoms. The molecule has 8 heteroatoms. The van der Waals surface area contributed by atoms with Gasteiger partial charge in [0, 0.05) is 30.7 Å². The number of unbranched alkanes of at least 4 members (excludes halogenated alkanes) is 1. The number of nitrogens with zero attached hydrogens (tertiary/aromatic N) is 1. The average Bonchev–Trinajstić information content (AvgIpc) is 2.88. The normalized spacial score (nSPS) is 17.6. The van der Waals surface area contributed by atoms with Crippen molar-refractivity contribution in [1.82, 2.24) is 9.62 Å². The Kier molecular flexibility index (Phi) is 13.5. The number of sulfonamides is 1. The van der Waals surface area contributed by atoms with E-state index in [1.165, 1.54) is 16.4 Å². The summed E-state index contributed by atoms with van der Waals surface area (Å²) in [6, 6.07) is 5.60.